The van der Waals surface area contributed by atoms with Gasteiger partial charge in [-0.1, -0.05) is 39.0 Å². The van der Waals surface area contributed by atoms with Crippen molar-refractivity contribution < 1.29 is 5.11 Å². The Balaban J connectivity index is 2.28. The summed E-state index contributed by atoms with van der Waals surface area (Å²) >= 11 is 0. The van der Waals surface area contributed by atoms with E-state index in [1.54, 1.807) is 0 Å². The molecule has 1 aliphatic rings. The third kappa shape index (κ3) is 5.20. The van der Waals surface area contributed by atoms with E-state index in [1.165, 1.54) is 25.7 Å². The lowest BCUT2D eigenvalue weighted by atomic mass is 9.85. The molecule has 0 aromatic carbocycles. The van der Waals surface area contributed by atoms with Crippen molar-refractivity contribution in [3.63, 3.8) is 0 Å². The lowest BCUT2D eigenvalue weighted by molar-refractivity contribution is 0.0515. The highest BCUT2D eigenvalue weighted by molar-refractivity contribution is 5.02. The standard InChI is InChI=1S/C14H24O/c1-2-3-4-5-6-8-11-14(15)12-9-7-10-13-14/h6,11,15H,2-5,7,9-10,12-13H2,1H3. The van der Waals surface area contributed by atoms with Crippen LogP contribution in [0.3, 0.4) is 0 Å². The molecule has 1 heteroatoms. The summed E-state index contributed by atoms with van der Waals surface area (Å²) in [6.07, 6.45) is 14.3. The molecule has 0 aliphatic heterocycles. The molecule has 0 spiro atoms. The summed E-state index contributed by atoms with van der Waals surface area (Å²) in [6.45, 7) is 2.21. The zero-order valence-electron chi connectivity index (χ0n) is 9.97. The van der Waals surface area contributed by atoms with Crippen LogP contribution in [0.25, 0.3) is 0 Å². The molecule has 0 aromatic rings. The molecule has 0 saturated heterocycles. The van der Waals surface area contributed by atoms with E-state index < -0.39 is 5.60 Å². The minimum atomic E-state index is -0.542. The number of hydrogen-bond acceptors (Lipinski definition) is 1. The fourth-order valence-electron chi connectivity index (χ4n) is 2.10. The zero-order chi connectivity index (χ0) is 11.0. The summed E-state index contributed by atoms with van der Waals surface area (Å²) in [5.41, 5.74) is 2.61. The molecule has 15 heavy (non-hydrogen) atoms. The van der Waals surface area contributed by atoms with E-state index in [2.05, 4.69) is 18.7 Å². The van der Waals surface area contributed by atoms with Crippen molar-refractivity contribution >= 4 is 0 Å². The molecule has 0 atom stereocenters. The zero-order valence-corrected chi connectivity index (χ0v) is 9.97. The second kappa shape index (κ2) is 6.87. The lowest BCUT2D eigenvalue weighted by Gasteiger charge is -2.27. The maximum atomic E-state index is 10.1. The highest BCUT2D eigenvalue weighted by atomic mass is 16.3. The van der Waals surface area contributed by atoms with Gasteiger partial charge in [0.2, 0.25) is 0 Å². The molecule has 0 aromatic heterocycles. The van der Waals surface area contributed by atoms with Gasteiger partial charge >= 0.3 is 0 Å². The van der Waals surface area contributed by atoms with Gasteiger partial charge < -0.3 is 5.11 Å². The van der Waals surface area contributed by atoms with Crippen LogP contribution >= 0.6 is 0 Å². The molecule has 0 amide bonds. The van der Waals surface area contributed by atoms with E-state index in [1.807, 2.05) is 6.08 Å². The van der Waals surface area contributed by atoms with Gasteiger partial charge in [0.15, 0.2) is 0 Å². The van der Waals surface area contributed by atoms with Gasteiger partial charge in [0, 0.05) is 0 Å². The van der Waals surface area contributed by atoms with E-state index in [-0.39, 0.29) is 0 Å². The quantitative estimate of drug-likeness (QED) is 0.535. The van der Waals surface area contributed by atoms with Crippen LogP contribution in [-0.4, -0.2) is 10.7 Å². The Morgan fingerprint density at radius 3 is 2.60 bits per heavy atom. The number of rotatable bonds is 5. The maximum Gasteiger partial charge on any atom is 0.0900 e. The molecule has 0 radical (unpaired) electrons. The van der Waals surface area contributed by atoms with Gasteiger partial charge in [0.05, 0.1) is 5.60 Å². The van der Waals surface area contributed by atoms with Crippen LogP contribution in [0.15, 0.2) is 17.9 Å². The highest BCUT2D eigenvalue weighted by Crippen LogP contribution is 2.28. The molecule has 0 unspecified atom stereocenters. The molecular weight excluding hydrogens is 184 g/mol. The average Bonchev–Trinajstić information content (AvgIpc) is 2.24. The SMILES string of the molecule is CCCCCC=C=CC1(O)CCCCC1. The minimum Gasteiger partial charge on any atom is -0.385 e. The minimum absolute atomic E-state index is 0.542. The van der Waals surface area contributed by atoms with Gasteiger partial charge in [-0.25, -0.2) is 0 Å². The lowest BCUT2D eigenvalue weighted by Crippen LogP contribution is -2.28. The molecule has 0 bridgehead atoms. The van der Waals surface area contributed by atoms with E-state index in [0.717, 1.165) is 32.1 Å². The third-order valence-electron chi connectivity index (χ3n) is 3.14. The van der Waals surface area contributed by atoms with Gasteiger partial charge in [-0.3, -0.25) is 0 Å². The molecule has 1 N–H and O–H groups in total. The third-order valence-corrected chi connectivity index (χ3v) is 3.14. The molecular formula is C14H24O. The van der Waals surface area contributed by atoms with Crippen molar-refractivity contribution in [3.8, 4) is 0 Å². The second-order valence-electron chi connectivity index (χ2n) is 4.68. The molecule has 1 rings (SSSR count). The summed E-state index contributed by atoms with van der Waals surface area (Å²) < 4.78 is 0. The molecule has 0 heterocycles. The topological polar surface area (TPSA) is 20.2 Å². The van der Waals surface area contributed by atoms with E-state index in [4.69, 9.17) is 0 Å². The van der Waals surface area contributed by atoms with Crippen molar-refractivity contribution in [1.82, 2.24) is 0 Å². The van der Waals surface area contributed by atoms with Crippen molar-refractivity contribution in [1.29, 1.82) is 0 Å². The first-order valence-electron chi connectivity index (χ1n) is 6.41. The summed E-state index contributed by atoms with van der Waals surface area (Å²) in [5, 5.41) is 10.1. The molecule has 1 nitrogen and oxygen atoms in total. The maximum absolute atomic E-state index is 10.1. The van der Waals surface area contributed by atoms with Crippen LogP contribution < -0.4 is 0 Å². The number of aliphatic hydroxyl groups is 1. The fraction of sp³-hybridized carbons (Fsp3) is 0.786. The van der Waals surface area contributed by atoms with Crippen LogP contribution in [0.5, 0.6) is 0 Å². The fourth-order valence-corrected chi connectivity index (χ4v) is 2.10. The summed E-state index contributed by atoms with van der Waals surface area (Å²) in [7, 11) is 0. The Morgan fingerprint density at radius 1 is 1.20 bits per heavy atom. The Morgan fingerprint density at radius 2 is 1.93 bits per heavy atom. The van der Waals surface area contributed by atoms with E-state index in [0.29, 0.717) is 0 Å². The molecule has 1 fully saturated rings. The van der Waals surface area contributed by atoms with Crippen LogP contribution in [-0.2, 0) is 0 Å². The summed E-state index contributed by atoms with van der Waals surface area (Å²) in [4.78, 5) is 0. The van der Waals surface area contributed by atoms with Crippen molar-refractivity contribution in [3.05, 3.63) is 17.9 Å². The van der Waals surface area contributed by atoms with Gasteiger partial charge in [0.1, 0.15) is 0 Å². The first-order valence-corrected chi connectivity index (χ1v) is 6.41. The van der Waals surface area contributed by atoms with Crippen molar-refractivity contribution in [2.75, 3.05) is 0 Å². The van der Waals surface area contributed by atoms with Gasteiger partial charge in [-0.05, 0) is 37.8 Å². The van der Waals surface area contributed by atoms with E-state index in [9.17, 15) is 5.11 Å². The predicted molar refractivity (Wildman–Crippen MR) is 64.8 cm³/mol. The first-order chi connectivity index (χ1) is 7.27. The highest BCUT2D eigenvalue weighted by Gasteiger charge is 2.25. The molecule has 1 aliphatic carbocycles. The Labute approximate surface area is 93.9 Å². The monoisotopic (exact) mass is 208 g/mol. The Bertz CT molecular complexity index is 217. The van der Waals surface area contributed by atoms with Crippen molar-refractivity contribution in [2.45, 2.75) is 70.3 Å². The first kappa shape index (κ1) is 12.5. The van der Waals surface area contributed by atoms with Crippen LogP contribution in [0, 0.1) is 0 Å². The molecule has 86 valence electrons. The summed E-state index contributed by atoms with van der Waals surface area (Å²) in [6, 6.07) is 0. The van der Waals surface area contributed by atoms with Gasteiger partial charge in [-0.15, -0.1) is 5.73 Å². The largest absolute Gasteiger partial charge is 0.385 e. The van der Waals surface area contributed by atoms with Crippen LogP contribution in [0.2, 0.25) is 0 Å². The average molecular weight is 208 g/mol. The van der Waals surface area contributed by atoms with Gasteiger partial charge in [0.25, 0.3) is 0 Å². The Hall–Kier alpha value is -0.520. The van der Waals surface area contributed by atoms with Crippen molar-refractivity contribution in [2.24, 2.45) is 0 Å². The number of hydrogen-bond donors (Lipinski definition) is 1. The van der Waals surface area contributed by atoms with Crippen LogP contribution in [0.4, 0.5) is 0 Å². The van der Waals surface area contributed by atoms with Gasteiger partial charge in [-0.2, -0.15) is 0 Å². The number of unbranched alkanes of at least 4 members (excludes halogenated alkanes) is 3. The second-order valence-corrected chi connectivity index (χ2v) is 4.68. The Kier molecular flexibility index (Phi) is 5.75. The van der Waals surface area contributed by atoms with Crippen LogP contribution in [0.1, 0.15) is 64.7 Å². The summed E-state index contributed by atoms with van der Waals surface area (Å²) in [5.74, 6) is 0. The smallest absolute Gasteiger partial charge is 0.0900 e. The predicted octanol–water partition coefficient (Wildman–Crippen LogP) is 3.97. The molecule has 1 saturated carbocycles. The van der Waals surface area contributed by atoms with E-state index >= 15 is 0 Å². The normalized spacial score (nSPS) is 19.3.